The van der Waals surface area contributed by atoms with E-state index in [2.05, 4.69) is 15.9 Å². The van der Waals surface area contributed by atoms with Gasteiger partial charge in [-0.1, -0.05) is 15.9 Å². The summed E-state index contributed by atoms with van der Waals surface area (Å²) in [6.07, 6.45) is 1.10. The van der Waals surface area contributed by atoms with Gasteiger partial charge < -0.3 is 5.11 Å². The molecule has 1 aromatic rings. The molecule has 0 aromatic heterocycles. The number of aliphatic carboxylic acids is 1. The van der Waals surface area contributed by atoms with Gasteiger partial charge in [0.2, 0.25) is 10.0 Å². The second-order valence-electron chi connectivity index (χ2n) is 4.95. The number of aryl methyl sites for hydroxylation is 1. The molecule has 5 nitrogen and oxygen atoms in total. The number of carboxylic acids is 1. The van der Waals surface area contributed by atoms with Crippen molar-refractivity contribution in [1.82, 2.24) is 4.31 Å². The van der Waals surface area contributed by atoms with Crippen molar-refractivity contribution < 1.29 is 18.3 Å². The number of sulfonamides is 1. The van der Waals surface area contributed by atoms with Crippen LogP contribution in [-0.2, 0) is 14.8 Å². The molecule has 0 aliphatic carbocycles. The predicted octanol–water partition coefficient (Wildman–Crippen LogP) is 2.24. The van der Waals surface area contributed by atoms with Crippen molar-refractivity contribution in [1.29, 1.82) is 0 Å². The number of carbonyl (C=O) groups is 1. The van der Waals surface area contributed by atoms with Gasteiger partial charge in [-0.05, 0) is 43.5 Å². The zero-order valence-electron chi connectivity index (χ0n) is 11.0. The predicted molar refractivity (Wildman–Crippen MR) is 78.0 cm³/mol. The summed E-state index contributed by atoms with van der Waals surface area (Å²) in [4.78, 5) is 11.3. The first-order valence-corrected chi connectivity index (χ1v) is 8.55. The van der Waals surface area contributed by atoms with Crippen LogP contribution >= 0.6 is 15.9 Å². The summed E-state index contributed by atoms with van der Waals surface area (Å²) < 4.78 is 27.3. The van der Waals surface area contributed by atoms with Crippen LogP contribution in [0, 0.1) is 12.8 Å². The number of piperidine rings is 1. The Balaban J connectivity index is 2.32. The molecule has 0 saturated carbocycles. The molecule has 1 aromatic carbocycles. The van der Waals surface area contributed by atoms with Crippen LogP contribution in [0.15, 0.2) is 27.6 Å². The molecule has 1 fully saturated rings. The van der Waals surface area contributed by atoms with Gasteiger partial charge in [0.25, 0.3) is 0 Å². The highest BCUT2D eigenvalue weighted by atomic mass is 79.9. The Bertz CT molecular complexity index is 629. The maximum absolute atomic E-state index is 12.6. The smallest absolute Gasteiger partial charge is 0.307 e. The van der Waals surface area contributed by atoms with Gasteiger partial charge in [0.1, 0.15) is 0 Å². The Kier molecular flexibility index (Phi) is 4.51. The fraction of sp³-hybridized carbons (Fsp3) is 0.462. The summed E-state index contributed by atoms with van der Waals surface area (Å²) in [7, 11) is -3.63. The molecule has 1 aliphatic rings. The highest BCUT2D eigenvalue weighted by Crippen LogP contribution is 2.27. The van der Waals surface area contributed by atoms with E-state index in [1.54, 1.807) is 25.1 Å². The van der Waals surface area contributed by atoms with Crippen molar-refractivity contribution in [3.05, 3.63) is 28.2 Å². The average Bonchev–Trinajstić information content (AvgIpc) is 2.38. The lowest BCUT2D eigenvalue weighted by molar-refractivity contribution is -0.142. The lowest BCUT2D eigenvalue weighted by Gasteiger charge is -2.30. The number of nitrogens with zero attached hydrogens (tertiary/aromatic N) is 1. The molecule has 110 valence electrons. The molecular weight excluding hydrogens is 346 g/mol. The van der Waals surface area contributed by atoms with Crippen LogP contribution < -0.4 is 0 Å². The number of hydrogen-bond acceptors (Lipinski definition) is 3. The summed E-state index contributed by atoms with van der Waals surface area (Å²) in [5.74, 6) is -1.55. The molecule has 1 atom stereocenters. The number of rotatable bonds is 3. The van der Waals surface area contributed by atoms with E-state index in [4.69, 9.17) is 5.11 Å². The maximum atomic E-state index is 12.6. The molecule has 2 rings (SSSR count). The quantitative estimate of drug-likeness (QED) is 0.895. The summed E-state index contributed by atoms with van der Waals surface area (Å²) in [6, 6.07) is 4.98. The van der Waals surface area contributed by atoms with Crippen molar-refractivity contribution >= 4 is 31.9 Å². The number of carboxylic acid groups (broad SMARTS) is 1. The first-order valence-electron chi connectivity index (χ1n) is 6.31. The minimum atomic E-state index is -3.63. The van der Waals surface area contributed by atoms with Crippen LogP contribution in [0.2, 0.25) is 0 Å². The third kappa shape index (κ3) is 3.05. The number of halogens is 1. The Hall–Kier alpha value is -0.920. The maximum Gasteiger partial charge on any atom is 0.307 e. The van der Waals surface area contributed by atoms with Gasteiger partial charge in [-0.15, -0.1) is 0 Å². The zero-order chi connectivity index (χ0) is 14.9. The monoisotopic (exact) mass is 361 g/mol. The highest BCUT2D eigenvalue weighted by molar-refractivity contribution is 9.10. The summed E-state index contributed by atoms with van der Waals surface area (Å²) in [6.45, 7) is 2.16. The van der Waals surface area contributed by atoms with Crippen molar-refractivity contribution in [2.75, 3.05) is 13.1 Å². The van der Waals surface area contributed by atoms with Gasteiger partial charge in [-0.25, -0.2) is 8.42 Å². The first-order chi connectivity index (χ1) is 9.32. The normalized spacial score (nSPS) is 20.8. The van der Waals surface area contributed by atoms with Crippen molar-refractivity contribution in [3.63, 3.8) is 0 Å². The van der Waals surface area contributed by atoms with Gasteiger partial charge in [0.15, 0.2) is 0 Å². The fourth-order valence-electron chi connectivity index (χ4n) is 2.40. The molecular formula is C13H16BrNO4S. The molecule has 0 spiro atoms. The van der Waals surface area contributed by atoms with E-state index in [9.17, 15) is 13.2 Å². The van der Waals surface area contributed by atoms with Crippen LogP contribution in [0.25, 0.3) is 0 Å². The van der Waals surface area contributed by atoms with E-state index in [0.29, 0.717) is 24.9 Å². The van der Waals surface area contributed by atoms with Gasteiger partial charge in [-0.3, -0.25) is 4.79 Å². The van der Waals surface area contributed by atoms with Gasteiger partial charge >= 0.3 is 5.97 Å². The molecule has 0 amide bonds. The van der Waals surface area contributed by atoms with Gasteiger partial charge in [0, 0.05) is 17.6 Å². The topological polar surface area (TPSA) is 74.7 Å². The highest BCUT2D eigenvalue weighted by Gasteiger charge is 2.33. The Morgan fingerprint density at radius 2 is 2.15 bits per heavy atom. The Morgan fingerprint density at radius 3 is 2.75 bits per heavy atom. The third-order valence-corrected chi connectivity index (χ3v) is 6.01. The van der Waals surface area contributed by atoms with Crippen LogP contribution in [0.4, 0.5) is 0 Å². The van der Waals surface area contributed by atoms with Crippen molar-refractivity contribution in [2.45, 2.75) is 24.7 Å². The van der Waals surface area contributed by atoms with Crippen LogP contribution in [-0.4, -0.2) is 36.9 Å². The Morgan fingerprint density at radius 1 is 1.45 bits per heavy atom. The van der Waals surface area contributed by atoms with Gasteiger partial charge in [-0.2, -0.15) is 4.31 Å². The molecule has 1 unspecified atom stereocenters. The fourth-order valence-corrected chi connectivity index (χ4v) is 4.61. The van der Waals surface area contributed by atoms with E-state index >= 15 is 0 Å². The van der Waals surface area contributed by atoms with Crippen LogP contribution in [0.3, 0.4) is 0 Å². The number of benzene rings is 1. The molecule has 1 heterocycles. The minimum Gasteiger partial charge on any atom is -0.481 e. The van der Waals surface area contributed by atoms with E-state index in [-0.39, 0.29) is 11.4 Å². The lowest BCUT2D eigenvalue weighted by Crippen LogP contribution is -2.42. The van der Waals surface area contributed by atoms with E-state index in [1.165, 1.54) is 4.31 Å². The molecule has 1 N–H and O–H groups in total. The van der Waals surface area contributed by atoms with Gasteiger partial charge in [0.05, 0.1) is 10.8 Å². The summed E-state index contributed by atoms with van der Waals surface area (Å²) in [5, 5.41) is 9.06. The molecule has 0 bridgehead atoms. The third-order valence-electron chi connectivity index (χ3n) is 3.49. The molecule has 20 heavy (non-hydrogen) atoms. The first kappa shape index (κ1) is 15.5. The second kappa shape index (κ2) is 5.83. The van der Waals surface area contributed by atoms with Crippen molar-refractivity contribution in [3.8, 4) is 0 Å². The molecule has 0 radical (unpaired) electrons. The zero-order valence-corrected chi connectivity index (χ0v) is 13.4. The molecule has 1 aliphatic heterocycles. The lowest BCUT2D eigenvalue weighted by atomic mass is 10.0. The number of hydrogen-bond donors (Lipinski definition) is 1. The van der Waals surface area contributed by atoms with E-state index in [0.717, 1.165) is 4.47 Å². The average molecular weight is 362 g/mol. The Labute approximate surface area is 126 Å². The van der Waals surface area contributed by atoms with Crippen LogP contribution in [0.5, 0.6) is 0 Å². The largest absolute Gasteiger partial charge is 0.481 e. The minimum absolute atomic E-state index is 0.0488. The molecule has 1 saturated heterocycles. The van der Waals surface area contributed by atoms with Crippen molar-refractivity contribution in [2.24, 2.45) is 5.92 Å². The second-order valence-corrected chi connectivity index (χ2v) is 7.77. The summed E-state index contributed by atoms with van der Waals surface area (Å²) >= 11 is 3.30. The van der Waals surface area contributed by atoms with E-state index < -0.39 is 21.9 Å². The SMILES string of the molecule is Cc1cc(Br)ccc1S(=O)(=O)N1CCCC(C(=O)O)C1. The standard InChI is InChI=1S/C13H16BrNO4S/c1-9-7-11(14)4-5-12(9)20(18,19)15-6-2-3-10(8-15)13(16)17/h4-5,7,10H,2-3,6,8H2,1H3,(H,16,17). The van der Waals surface area contributed by atoms with E-state index in [1.807, 2.05) is 0 Å². The summed E-state index contributed by atoms with van der Waals surface area (Å²) in [5.41, 5.74) is 0.650. The van der Waals surface area contributed by atoms with Crippen LogP contribution in [0.1, 0.15) is 18.4 Å². The molecule has 7 heteroatoms.